The van der Waals surface area contributed by atoms with Gasteiger partial charge in [0.25, 0.3) is 5.56 Å². The Morgan fingerprint density at radius 1 is 1.14 bits per heavy atom. The van der Waals surface area contributed by atoms with Gasteiger partial charge in [-0.2, -0.15) is 4.68 Å². The molecule has 1 atom stereocenters. The highest BCUT2D eigenvalue weighted by Gasteiger charge is 2.29. The molecule has 0 unspecified atom stereocenters. The number of fused-ring (bicyclic) bond motifs is 1. The lowest BCUT2D eigenvalue weighted by molar-refractivity contribution is 0.0197. The van der Waals surface area contributed by atoms with E-state index in [0.29, 0.717) is 71.5 Å². The summed E-state index contributed by atoms with van der Waals surface area (Å²) in [7, 11) is 0. The van der Waals surface area contributed by atoms with E-state index >= 15 is 0 Å². The largest absolute Gasteiger partial charge is 0.460 e. The first-order valence-corrected chi connectivity index (χ1v) is 15.6. The molecular weight excluding hydrogens is 627 g/mol. The molecule has 0 bridgehead atoms. The van der Waals surface area contributed by atoms with Crippen LogP contribution in [0.3, 0.4) is 0 Å². The fourth-order valence-corrected chi connectivity index (χ4v) is 7.01. The highest BCUT2D eigenvalue weighted by Crippen LogP contribution is 2.37. The zero-order chi connectivity index (χ0) is 30.2. The summed E-state index contributed by atoms with van der Waals surface area (Å²) < 4.78 is 14.1. The minimum Gasteiger partial charge on any atom is -0.460 e. The van der Waals surface area contributed by atoms with Gasteiger partial charge in [-0.1, -0.05) is 23.2 Å². The molecule has 7 rings (SSSR count). The summed E-state index contributed by atoms with van der Waals surface area (Å²) in [5.41, 5.74) is 3.39. The van der Waals surface area contributed by atoms with Crippen LogP contribution in [-0.4, -0.2) is 85.1 Å². The molecule has 6 heterocycles. The number of H-pyrrole nitrogens is 1. The minimum atomic E-state index is -0.378. The predicted octanol–water partition coefficient (Wildman–Crippen LogP) is 4.27. The third kappa shape index (κ3) is 5.69. The molecule has 0 spiro atoms. The van der Waals surface area contributed by atoms with Gasteiger partial charge in [0.15, 0.2) is 0 Å². The molecule has 2 aliphatic heterocycles. The number of imidazole rings is 1. The Morgan fingerprint density at radius 3 is 2.82 bits per heavy atom. The number of nitrogens with zero attached hydrogens (tertiary/aromatic N) is 7. The number of aromatic amines is 1. The van der Waals surface area contributed by atoms with Gasteiger partial charge in [-0.15, -0.1) is 16.4 Å². The van der Waals surface area contributed by atoms with Crippen molar-refractivity contribution in [2.24, 2.45) is 0 Å². The number of thiophene rings is 1. The van der Waals surface area contributed by atoms with E-state index < -0.39 is 0 Å². The number of tetrazole rings is 1. The van der Waals surface area contributed by atoms with Gasteiger partial charge in [0.1, 0.15) is 34.5 Å². The van der Waals surface area contributed by atoms with Gasteiger partial charge < -0.3 is 19.0 Å². The maximum Gasteiger partial charge on any atom is 0.348 e. The zero-order valence-corrected chi connectivity index (χ0v) is 25.6. The van der Waals surface area contributed by atoms with Gasteiger partial charge in [0, 0.05) is 42.0 Å². The van der Waals surface area contributed by atoms with Crippen molar-refractivity contribution in [3.05, 3.63) is 85.7 Å². The Balaban J connectivity index is 1.10. The van der Waals surface area contributed by atoms with Gasteiger partial charge in [-0.25, -0.2) is 9.78 Å². The molecular formula is C29H26Cl2N8O4S. The number of halogens is 2. The summed E-state index contributed by atoms with van der Waals surface area (Å²) in [6, 6.07) is 12.1. The van der Waals surface area contributed by atoms with E-state index in [1.165, 1.54) is 22.3 Å². The number of carbonyl (C=O) groups excluding carboxylic acids is 1. The van der Waals surface area contributed by atoms with Crippen molar-refractivity contribution in [1.29, 1.82) is 0 Å². The molecule has 5 aromatic rings. The second-order valence-corrected chi connectivity index (χ2v) is 12.4. The van der Waals surface area contributed by atoms with E-state index in [0.717, 1.165) is 34.8 Å². The van der Waals surface area contributed by atoms with Crippen LogP contribution in [0.15, 0.2) is 53.6 Å². The van der Waals surface area contributed by atoms with Crippen LogP contribution in [0.5, 0.6) is 0 Å². The zero-order valence-electron chi connectivity index (χ0n) is 23.3. The number of ether oxygens (including phenoxy) is 2. The van der Waals surface area contributed by atoms with Crippen LogP contribution in [0.2, 0.25) is 10.2 Å². The number of aromatic nitrogens is 7. The van der Waals surface area contributed by atoms with Crippen molar-refractivity contribution in [3.63, 3.8) is 0 Å². The molecule has 0 aliphatic carbocycles. The number of pyridine rings is 1. The molecule has 226 valence electrons. The minimum absolute atomic E-state index is 0.171. The Bertz CT molecular complexity index is 1880. The topological polar surface area (TPSA) is 133 Å². The van der Waals surface area contributed by atoms with Crippen LogP contribution in [0, 0.1) is 0 Å². The van der Waals surface area contributed by atoms with Gasteiger partial charge in [0.2, 0.25) is 0 Å². The van der Waals surface area contributed by atoms with Crippen LogP contribution < -0.4 is 5.56 Å². The van der Waals surface area contributed by atoms with Crippen molar-refractivity contribution in [2.75, 3.05) is 39.5 Å². The van der Waals surface area contributed by atoms with Crippen LogP contribution in [0.1, 0.15) is 33.7 Å². The highest BCUT2D eigenvalue weighted by molar-refractivity contribution is 7.17. The fraction of sp³-hybridized carbons (Fsp3) is 0.310. The SMILES string of the molecule is O=C(OCCN1CCOCC1)c1ccc(-c2nc([C@@H]3CCc4cc(-c5cc(Cl)ccc5-n5cnnn5)cc(=O)n43)[nH]c2Cl)s1. The first-order chi connectivity index (χ1) is 21.4. The maximum absolute atomic E-state index is 13.5. The van der Waals surface area contributed by atoms with Crippen molar-refractivity contribution in [2.45, 2.75) is 18.9 Å². The number of nitrogens with one attached hydrogen (secondary N) is 1. The lowest BCUT2D eigenvalue weighted by Gasteiger charge is -2.26. The second kappa shape index (κ2) is 12.3. The molecule has 2 aliphatic rings. The van der Waals surface area contributed by atoms with Gasteiger partial charge in [0.05, 0.1) is 29.8 Å². The fourth-order valence-electron chi connectivity index (χ4n) is 5.65. The average molecular weight is 654 g/mol. The summed E-state index contributed by atoms with van der Waals surface area (Å²) >= 11 is 14.2. The van der Waals surface area contributed by atoms with Crippen molar-refractivity contribution in [1.82, 2.24) is 39.6 Å². The molecule has 15 heteroatoms. The standard InChI is InChI=1S/C29H26Cl2N8O4S/c30-18-1-3-21(38-16-32-35-36-38)20(15-18)17-13-19-2-4-22(39(19)25(40)14-17)28-33-26(27(31)34-28)23-5-6-24(44-23)29(41)43-12-9-37-7-10-42-11-8-37/h1,3,5-6,13-16,22H,2,4,7-12H2,(H,33,34)/t22-/m0/s1. The number of aryl methyl sites for hydroxylation is 1. The Labute approximate surface area is 265 Å². The van der Waals surface area contributed by atoms with Crippen molar-refractivity contribution >= 4 is 40.5 Å². The lowest BCUT2D eigenvalue weighted by Crippen LogP contribution is -2.38. The average Bonchev–Trinajstić information content (AvgIpc) is 3.84. The number of carbonyl (C=O) groups is 1. The third-order valence-electron chi connectivity index (χ3n) is 7.78. The molecule has 1 N–H and O–H groups in total. The third-order valence-corrected chi connectivity index (χ3v) is 9.36. The first kappa shape index (κ1) is 28.9. The number of hydrogen-bond donors (Lipinski definition) is 1. The number of rotatable bonds is 8. The number of benzene rings is 1. The lowest BCUT2D eigenvalue weighted by atomic mass is 10.0. The summed E-state index contributed by atoms with van der Waals surface area (Å²) in [5.74, 6) is 0.204. The van der Waals surface area contributed by atoms with Gasteiger partial charge in [-0.3, -0.25) is 9.69 Å². The molecule has 12 nitrogen and oxygen atoms in total. The summed E-state index contributed by atoms with van der Waals surface area (Å²) in [6.45, 7) is 4.06. The van der Waals surface area contributed by atoms with Crippen molar-refractivity contribution in [3.8, 4) is 27.4 Å². The molecule has 4 aromatic heterocycles. The number of hydrogen-bond acceptors (Lipinski definition) is 10. The Kier molecular flexibility index (Phi) is 8.04. The number of morpholine rings is 1. The van der Waals surface area contributed by atoms with E-state index in [9.17, 15) is 9.59 Å². The Morgan fingerprint density at radius 2 is 2.00 bits per heavy atom. The molecule has 1 aromatic carbocycles. The highest BCUT2D eigenvalue weighted by atomic mass is 35.5. The second-order valence-electron chi connectivity index (χ2n) is 10.5. The molecule has 44 heavy (non-hydrogen) atoms. The van der Waals surface area contributed by atoms with Crippen LogP contribution in [0.4, 0.5) is 0 Å². The smallest absolute Gasteiger partial charge is 0.348 e. The van der Waals surface area contributed by atoms with Gasteiger partial charge >= 0.3 is 5.97 Å². The van der Waals surface area contributed by atoms with Crippen LogP contribution in [0.25, 0.3) is 27.4 Å². The van der Waals surface area contributed by atoms with Gasteiger partial charge in [-0.05, 0) is 65.2 Å². The van der Waals surface area contributed by atoms with Crippen LogP contribution >= 0.6 is 34.5 Å². The molecule has 0 radical (unpaired) electrons. The van der Waals surface area contributed by atoms with Crippen molar-refractivity contribution < 1.29 is 14.3 Å². The van der Waals surface area contributed by atoms with E-state index in [-0.39, 0.29) is 17.6 Å². The van der Waals surface area contributed by atoms with Crippen LogP contribution in [-0.2, 0) is 15.9 Å². The molecule has 1 fully saturated rings. The van der Waals surface area contributed by atoms with E-state index in [1.807, 2.05) is 18.2 Å². The summed E-state index contributed by atoms with van der Waals surface area (Å²) in [4.78, 5) is 37.6. The first-order valence-electron chi connectivity index (χ1n) is 14.1. The quantitative estimate of drug-likeness (QED) is 0.244. The normalized spacial score (nSPS) is 16.7. The monoisotopic (exact) mass is 652 g/mol. The van der Waals surface area contributed by atoms with E-state index in [1.54, 1.807) is 28.8 Å². The summed E-state index contributed by atoms with van der Waals surface area (Å²) in [5, 5.41) is 12.3. The molecule has 1 saturated heterocycles. The molecule has 0 amide bonds. The number of esters is 1. The predicted molar refractivity (Wildman–Crippen MR) is 165 cm³/mol. The Hall–Kier alpha value is -3.88. The molecule has 0 saturated carbocycles. The summed E-state index contributed by atoms with van der Waals surface area (Å²) in [6.07, 6.45) is 2.83. The maximum atomic E-state index is 13.5. The van der Waals surface area contributed by atoms with E-state index in [2.05, 4.69) is 25.4 Å². The van der Waals surface area contributed by atoms with E-state index in [4.69, 9.17) is 37.7 Å².